The Morgan fingerprint density at radius 2 is 1.84 bits per heavy atom. The first-order chi connectivity index (χ1) is 12.1. The molecular weight excluding hydrogens is 312 g/mol. The highest BCUT2D eigenvalue weighted by Crippen LogP contribution is 2.61. The van der Waals surface area contributed by atoms with Gasteiger partial charge in [0.1, 0.15) is 5.76 Å². The van der Waals surface area contributed by atoms with E-state index in [1.165, 1.54) is 24.8 Å². The lowest BCUT2D eigenvalue weighted by Gasteiger charge is -2.56. The predicted molar refractivity (Wildman–Crippen MR) is 94.9 cm³/mol. The third-order valence-electron chi connectivity index (χ3n) is 7.64. The normalized spacial score (nSPS) is 39.4. The number of likely N-dealkylation sites (tertiary alicyclic amines) is 1. The summed E-state index contributed by atoms with van der Waals surface area (Å²) < 4.78 is 5.55. The molecule has 6 rings (SSSR count). The Labute approximate surface area is 150 Å². The van der Waals surface area contributed by atoms with Gasteiger partial charge in [0.15, 0.2) is 0 Å². The monoisotopic (exact) mass is 342 g/mol. The number of hydrogen-bond acceptors (Lipinski definition) is 3. The highest BCUT2D eigenvalue weighted by Gasteiger charge is 2.56. The smallest absolute Gasteiger partial charge is 0.229 e. The van der Waals surface area contributed by atoms with E-state index in [1.54, 1.807) is 0 Å². The summed E-state index contributed by atoms with van der Waals surface area (Å²) in [5, 5.41) is 4.21. The zero-order chi connectivity index (χ0) is 17.2. The fourth-order valence-electron chi connectivity index (χ4n) is 7.09. The molecule has 1 aromatic heterocycles. The van der Waals surface area contributed by atoms with Crippen LogP contribution in [0, 0.1) is 30.1 Å². The first-order valence-electron chi connectivity index (χ1n) is 10.4. The van der Waals surface area contributed by atoms with Crippen LogP contribution in [0.2, 0.25) is 0 Å². The highest BCUT2D eigenvalue weighted by atomic mass is 16.5. The van der Waals surface area contributed by atoms with E-state index in [0.717, 1.165) is 74.3 Å². The molecule has 1 amide bonds. The quantitative estimate of drug-likeness (QED) is 0.816. The fourth-order valence-corrected chi connectivity index (χ4v) is 7.09. The van der Waals surface area contributed by atoms with Crippen LogP contribution < -0.4 is 0 Å². The molecule has 4 bridgehead atoms. The Bertz CT molecular complexity index is 657. The molecule has 4 saturated carbocycles. The molecular formula is C21H30N2O2. The number of hydrogen-bond donors (Lipinski definition) is 0. The molecule has 0 N–H and O–H groups in total. The third-order valence-corrected chi connectivity index (χ3v) is 7.64. The Morgan fingerprint density at radius 3 is 2.44 bits per heavy atom. The molecule has 4 aliphatic carbocycles. The van der Waals surface area contributed by atoms with Crippen LogP contribution in [0.1, 0.15) is 81.3 Å². The van der Waals surface area contributed by atoms with Gasteiger partial charge in [-0.2, -0.15) is 0 Å². The van der Waals surface area contributed by atoms with Gasteiger partial charge in [0, 0.05) is 18.5 Å². The largest absolute Gasteiger partial charge is 0.361 e. The lowest BCUT2D eigenvalue weighted by atomic mass is 9.49. The topological polar surface area (TPSA) is 46.3 Å². The van der Waals surface area contributed by atoms with E-state index in [9.17, 15) is 4.79 Å². The number of aromatic nitrogens is 1. The van der Waals surface area contributed by atoms with Crippen LogP contribution >= 0.6 is 0 Å². The van der Waals surface area contributed by atoms with Crippen LogP contribution in [0.5, 0.6) is 0 Å². The lowest BCUT2D eigenvalue weighted by molar-refractivity contribution is -0.158. The molecule has 2 heterocycles. The van der Waals surface area contributed by atoms with Gasteiger partial charge in [-0.15, -0.1) is 0 Å². The number of aryl methyl sites for hydroxylation is 2. The van der Waals surface area contributed by atoms with E-state index in [4.69, 9.17) is 4.52 Å². The Morgan fingerprint density at radius 1 is 1.20 bits per heavy atom. The molecule has 0 radical (unpaired) electrons. The first kappa shape index (κ1) is 15.9. The van der Waals surface area contributed by atoms with Gasteiger partial charge in [0.25, 0.3) is 0 Å². The summed E-state index contributed by atoms with van der Waals surface area (Å²) in [5.41, 5.74) is 2.15. The van der Waals surface area contributed by atoms with Gasteiger partial charge in [-0.25, -0.2) is 0 Å². The van der Waals surface area contributed by atoms with Crippen molar-refractivity contribution < 1.29 is 9.32 Å². The van der Waals surface area contributed by atoms with Crippen molar-refractivity contribution in [3.05, 3.63) is 17.0 Å². The molecule has 5 aliphatic rings. The van der Waals surface area contributed by atoms with E-state index < -0.39 is 0 Å². The Balaban J connectivity index is 1.46. The van der Waals surface area contributed by atoms with Crippen molar-refractivity contribution in [3.63, 3.8) is 0 Å². The first-order valence-corrected chi connectivity index (χ1v) is 10.4. The number of rotatable bonds is 3. The molecule has 4 heteroatoms. The minimum absolute atomic E-state index is 0.0329. The highest BCUT2D eigenvalue weighted by molar-refractivity contribution is 5.84. The molecule has 5 fully saturated rings. The van der Waals surface area contributed by atoms with Crippen molar-refractivity contribution in [1.29, 1.82) is 0 Å². The zero-order valence-electron chi connectivity index (χ0n) is 15.6. The van der Waals surface area contributed by atoms with Gasteiger partial charge in [-0.3, -0.25) is 4.79 Å². The molecule has 0 spiro atoms. The Hall–Kier alpha value is -1.32. The van der Waals surface area contributed by atoms with Crippen LogP contribution in [0.25, 0.3) is 0 Å². The molecule has 136 valence electrons. The number of carbonyl (C=O) groups excluding carboxylic acids is 1. The summed E-state index contributed by atoms with van der Waals surface area (Å²) in [5.74, 6) is 3.91. The van der Waals surface area contributed by atoms with E-state index in [0.29, 0.717) is 5.91 Å². The summed E-state index contributed by atoms with van der Waals surface area (Å²) in [6.45, 7) is 5.06. The number of nitrogens with zero attached hydrogens (tertiary/aromatic N) is 2. The average Bonchev–Trinajstić information content (AvgIpc) is 3.18. The third kappa shape index (κ3) is 2.32. The molecule has 1 saturated heterocycles. The van der Waals surface area contributed by atoms with Crippen LogP contribution in [0.4, 0.5) is 0 Å². The molecule has 0 unspecified atom stereocenters. The predicted octanol–water partition coefficient (Wildman–Crippen LogP) is 4.43. The maximum atomic E-state index is 13.8. The van der Waals surface area contributed by atoms with Gasteiger partial charge in [0.05, 0.1) is 17.2 Å². The van der Waals surface area contributed by atoms with Gasteiger partial charge in [-0.1, -0.05) is 12.1 Å². The van der Waals surface area contributed by atoms with E-state index in [1.807, 2.05) is 6.92 Å². The average molecular weight is 342 g/mol. The van der Waals surface area contributed by atoms with Crippen molar-refractivity contribution in [3.8, 4) is 0 Å². The summed E-state index contributed by atoms with van der Waals surface area (Å²) in [7, 11) is 0. The van der Waals surface area contributed by atoms with Gasteiger partial charge >= 0.3 is 0 Å². The lowest BCUT2D eigenvalue weighted by Crippen LogP contribution is -2.54. The van der Waals surface area contributed by atoms with E-state index >= 15 is 0 Å². The van der Waals surface area contributed by atoms with Crippen molar-refractivity contribution in [2.24, 2.45) is 23.2 Å². The second kappa shape index (κ2) is 5.59. The second-order valence-electron chi connectivity index (χ2n) is 9.31. The second-order valence-corrected chi connectivity index (χ2v) is 9.31. The van der Waals surface area contributed by atoms with Gasteiger partial charge in [0.2, 0.25) is 5.91 Å². The van der Waals surface area contributed by atoms with Crippen molar-refractivity contribution in [1.82, 2.24) is 10.1 Å². The zero-order valence-corrected chi connectivity index (χ0v) is 15.6. The molecule has 4 nitrogen and oxygen atoms in total. The van der Waals surface area contributed by atoms with E-state index in [-0.39, 0.29) is 11.5 Å². The van der Waals surface area contributed by atoms with Crippen LogP contribution in [0.15, 0.2) is 4.52 Å². The SMILES string of the molecule is CCc1onc(C)c1[C@H]1CCCN1C(=O)C12CC3CC(CC(C3)C1)C2. The van der Waals surface area contributed by atoms with Crippen LogP contribution in [0.3, 0.4) is 0 Å². The molecule has 1 aromatic rings. The summed E-state index contributed by atoms with van der Waals surface area (Å²) in [6.07, 6.45) is 10.7. The van der Waals surface area contributed by atoms with Crippen molar-refractivity contribution in [2.75, 3.05) is 6.54 Å². The number of amides is 1. The summed E-state index contributed by atoms with van der Waals surface area (Å²) in [4.78, 5) is 16.0. The van der Waals surface area contributed by atoms with Crippen LogP contribution in [-0.4, -0.2) is 22.5 Å². The fraction of sp³-hybridized carbons (Fsp3) is 0.810. The molecule has 0 aromatic carbocycles. The van der Waals surface area contributed by atoms with Gasteiger partial charge in [-0.05, 0) is 76.0 Å². The number of carbonyl (C=O) groups is 1. The van der Waals surface area contributed by atoms with E-state index in [2.05, 4.69) is 17.0 Å². The van der Waals surface area contributed by atoms with Gasteiger partial charge < -0.3 is 9.42 Å². The minimum Gasteiger partial charge on any atom is -0.361 e. The maximum Gasteiger partial charge on any atom is 0.229 e. The van der Waals surface area contributed by atoms with Crippen molar-refractivity contribution in [2.45, 2.75) is 77.7 Å². The van der Waals surface area contributed by atoms with Crippen molar-refractivity contribution >= 4 is 5.91 Å². The minimum atomic E-state index is -0.0329. The summed E-state index contributed by atoms with van der Waals surface area (Å²) >= 11 is 0. The molecule has 25 heavy (non-hydrogen) atoms. The Kier molecular flexibility index (Phi) is 3.55. The molecule has 1 aliphatic heterocycles. The molecule has 1 atom stereocenters. The standard InChI is InChI=1S/C21H30N2O2/c1-3-18-19(13(2)22-25-18)17-5-4-6-23(17)20(24)21-10-14-7-15(11-21)9-16(8-14)12-21/h14-17H,3-12H2,1-2H3/t14?,15?,16?,17-,21?/m1/s1. The summed E-state index contributed by atoms with van der Waals surface area (Å²) in [6, 6.07) is 0.196. The van der Waals surface area contributed by atoms with Crippen LogP contribution in [-0.2, 0) is 11.2 Å². The maximum absolute atomic E-state index is 13.8.